The summed E-state index contributed by atoms with van der Waals surface area (Å²) in [6.45, 7) is 0. The van der Waals surface area contributed by atoms with Crippen LogP contribution in [-0.4, -0.2) is 15.2 Å². The van der Waals surface area contributed by atoms with Crippen LogP contribution in [0.5, 0.6) is 0 Å². The number of hydrogen-bond acceptors (Lipinski definition) is 3. The summed E-state index contributed by atoms with van der Waals surface area (Å²) < 4.78 is 0. The Morgan fingerprint density at radius 2 is 2.56 bits per heavy atom. The molecule has 42 valence electrons. The molecular formula is C5H2N4. The van der Waals surface area contributed by atoms with Crippen LogP contribution in [0.2, 0.25) is 0 Å². The molecule has 0 aliphatic carbocycles. The molecule has 0 aliphatic heterocycles. The van der Waals surface area contributed by atoms with Gasteiger partial charge < -0.3 is 0 Å². The molecule has 0 aliphatic rings. The molecule has 4 nitrogen and oxygen atoms in total. The van der Waals surface area contributed by atoms with Gasteiger partial charge in [0.1, 0.15) is 6.33 Å². The minimum atomic E-state index is 0.413. The van der Waals surface area contributed by atoms with Crippen LogP contribution in [0.3, 0.4) is 0 Å². The first-order valence-electron chi connectivity index (χ1n) is 2.19. The molecular weight excluding hydrogens is 116 g/mol. The van der Waals surface area contributed by atoms with Crippen LogP contribution < -0.4 is 0 Å². The van der Waals surface area contributed by atoms with Gasteiger partial charge in [0.2, 0.25) is 5.82 Å². The van der Waals surface area contributed by atoms with Crippen LogP contribution in [0.4, 0.5) is 0 Å². The van der Waals surface area contributed by atoms with E-state index in [1.165, 1.54) is 6.33 Å². The summed E-state index contributed by atoms with van der Waals surface area (Å²) in [7, 11) is 0. The van der Waals surface area contributed by atoms with Crippen molar-refractivity contribution in [1.82, 2.24) is 15.2 Å². The van der Waals surface area contributed by atoms with E-state index in [0.717, 1.165) is 0 Å². The molecule has 0 spiro atoms. The smallest absolute Gasteiger partial charge is 0.201 e. The van der Waals surface area contributed by atoms with E-state index in [-0.39, 0.29) is 0 Å². The molecule has 0 amide bonds. The molecule has 9 heavy (non-hydrogen) atoms. The van der Waals surface area contributed by atoms with Gasteiger partial charge in [0.15, 0.2) is 6.07 Å². The number of nitrogens with zero attached hydrogens (tertiary/aromatic N) is 3. The summed E-state index contributed by atoms with van der Waals surface area (Å²) in [4.78, 5) is 3.66. The van der Waals surface area contributed by atoms with E-state index in [4.69, 9.17) is 5.26 Å². The highest BCUT2D eigenvalue weighted by molar-refractivity contribution is 5.26. The minimum absolute atomic E-state index is 0.413. The van der Waals surface area contributed by atoms with Gasteiger partial charge in [0, 0.05) is 5.92 Å². The summed E-state index contributed by atoms with van der Waals surface area (Å²) in [5, 5.41) is 14.0. The average molecular weight is 118 g/mol. The maximum Gasteiger partial charge on any atom is 0.201 e. The van der Waals surface area contributed by atoms with Crippen molar-refractivity contribution < 1.29 is 0 Å². The number of nitrogens with one attached hydrogen (secondary N) is 1. The van der Waals surface area contributed by atoms with Crippen LogP contribution in [0.1, 0.15) is 5.82 Å². The Balaban J connectivity index is 2.82. The van der Waals surface area contributed by atoms with Gasteiger partial charge in [-0.05, 0) is 5.92 Å². The molecule has 1 N–H and O–H groups in total. The van der Waals surface area contributed by atoms with E-state index in [0.29, 0.717) is 5.82 Å². The molecule has 0 fully saturated rings. The third-order valence-corrected chi connectivity index (χ3v) is 0.652. The van der Waals surface area contributed by atoms with Gasteiger partial charge in [0.25, 0.3) is 0 Å². The van der Waals surface area contributed by atoms with Crippen molar-refractivity contribution in [1.29, 1.82) is 5.26 Å². The van der Waals surface area contributed by atoms with E-state index in [1.807, 2.05) is 0 Å². The molecule has 0 saturated heterocycles. The Kier molecular flexibility index (Phi) is 1.47. The molecule has 0 unspecified atom stereocenters. The highest BCUT2D eigenvalue weighted by atomic mass is 15.2. The SMILES string of the molecule is N#CC#Cc1ncn[nH]1. The summed E-state index contributed by atoms with van der Waals surface area (Å²) in [6, 6.07) is 1.66. The summed E-state index contributed by atoms with van der Waals surface area (Å²) in [5.41, 5.74) is 0. The van der Waals surface area contributed by atoms with Gasteiger partial charge in [-0.25, -0.2) is 4.98 Å². The van der Waals surface area contributed by atoms with Crippen molar-refractivity contribution in [3.8, 4) is 17.9 Å². The van der Waals surface area contributed by atoms with Crippen molar-refractivity contribution in [2.45, 2.75) is 0 Å². The lowest BCUT2D eigenvalue weighted by Gasteiger charge is -1.68. The summed E-state index contributed by atoms with van der Waals surface area (Å²) in [6.07, 6.45) is 1.33. The number of aromatic nitrogens is 3. The average Bonchev–Trinajstić information content (AvgIpc) is 2.34. The Bertz CT molecular complexity index is 268. The van der Waals surface area contributed by atoms with Crippen LogP contribution in [0.25, 0.3) is 0 Å². The molecule has 1 heterocycles. The Labute approximate surface area is 51.5 Å². The maximum atomic E-state index is 7.98. The van der Waals surface area contributed by atoms with Gasteiger partial charge >= 0.3 is 0 Å². The van der Waals surface area contributed by atoms with Crippen molar-refractivity contribution >= 4 is 0 Å². The Morgan fingerprint density at radius 1 is 1.67 bits per heavy atom. The molecule has 0 radical (unpaired) electrons. The number of H-pyrrole nitrogens is 1. The normalized spacial score (nSPS) is 7.00. The third kappa shape index (κ3) is 1.29. The fourth-order valence-corrected chi connectivity index (χ4v) is 0.353. The fraction of sp³-hybridized carbons (Fsp3) is 0. The predicted molar refractivity (Wildman–Crippen MR) is 28.9 cm³/mol. The van der Waals surface area contributed by atoms with Crippen molar-refractivity contribution in [3.63, 3.8) is 0 Å². The molecule has 4 heteroatoms. The number of nitriles is 1. The van der Waals surface area contributed by atoms with Crippen LogP contribution in [-0.2, 0) is 0 Å². The zero-order chi connectivity index (χ0) is 6.53. The van der Waals surface area contributed by atoms with E-state index in [2.05, 4.69) is 27.0 Å². The lowest BCUT2D eigenvalue weighted by atomic mass is 10.6. The van der Waals surface area contributed by atoms with Crippen molar-refractivity contribution in [3.05, 3.63) is 12.2 Å². The van der Waals surface area contributed by atoms with E-state index < -0.39 is 0 Å². The van der Waals surface area contributed by atoms with Crippen LogP contribution >= 0.6 is 0 Å². The number of aromatic amines is 1. The highest BCUT2D eigenvalue weighted by Gasteiger charge is 1.82. The molecule has 0 bridgehead atoms. The Hall–Kier alpha value is -1.81. The van der Waals surface area contributed by atoms with Gasteiger partial charge in [-0.2, -0.15) is 10.4 Å². The molecule has 0 saturated carbocycles. The minimum Gasteiger partial charge on any atom is -0.253 e. The first-order chi connectivity index (χ1) is 4.43. The second kappa shape index (κ2) is 2.49. The predicted octanol–water partition coefficient (Wildman–Crippen LogP) is -0.320. The number of rotatable bonds is 0. The zero-order valence-electron chi connectivity index (χ0n) is 4.42. The maximum absolute atomic E-state index is 7.98. The molecule has 1 aromatic rings. The van der Waals surface area contributed by atoms with Gasteiger partial charge in [-0.15, -0.1) is 0 Å². The van der Waals surface area contributed by atoms with E-state index in [9.17, 15) is 0 Å². The highest BCUT2D eigenvalue weighted by Crippen LogP contribution is 1.76. The molecule has 0 aromatic carbocycles. The second-order valence-corrected chi connectivity index (χ2v) is 1.20. The topological polar surface area (TPSA) is 65.4 Å². The van der Waals surface area contributed by atoms with Crippen LogP contribution in [0, 0.1) is 23.2 Å². The quantitative estimate of drug-likeness (QED) is 0.475. The van der Waals surface area contributed by atoms with Gasteiger partial charge in [-0.1, -0.05) is 0 Å². The lowest BCUT2D eigenvalue weighted by Crippen LogP contribution is -1.74. The number of hydrogen-bond donors (Lipinski definition) is 1. The Morgan fingerprint density at radius 3 is 3.11 bits per heavy atom. The first kappa shape index (κ1) is 5.33. The van der Waals surface area contributed by atoms with Crippen molar-refractivity contribution in [2.75, 3.05) is 0 Å². The second-order valence-electron chi connectivity index (χ2n) is 1.20. The standard InChI is InChI=1S/C5H2N4/c6-3-1-2-5-7-4-8-9-5/h4H,(H,7,8,9). The molecule has 0 atom stereocenters. The molecule has 1 aromatic heterocycles. The van der Waals surface area contributed by atoms with E-state index >= 15 is 0 Å². The lowest BCUT2D eigenvalue weighted by molar-refractivity contribution is 1.08. The monoisotopic (exact) mass is 118 g/mol. The summed E-state index contributed by atoms with van der Waals surface area (Å²) in [5.74, 6) is 5.02. The summed E-state index contributed by atoms with van der Waals surface area (Å²) >= 11 is 0. The zero-order valence-corrected chi connectivity index (χ0v) is 4.42. The van der Waals surface area contributed by atoms with Crippen LogP contribution in [0.15, 0.2) is 6.33 Å². The fourth-order valence-electron chi connectivity index (χ4n) is 0.353. The molecule has 1 rings (SSSR count). The first-order valence-corrected chi connectivity index (χ1v) is 2.19. The largest absolute Gasteiger partial charge is 0.253 e. The van der Waals surface area contributed by atoms with Gasteiger partial charge in [-0.3, -0.25) is 5.10 Å². The van der Waals surface area contributed by atoms with E-state index in [1.54, 1.807) is 6.07 Å². The van der Waals surface area contributed by atoms with Gasteiger partial charge in [0.05, 0.1) is 0 Å². The third-order valence-electron chi connectivity index (χ3n) is 0.652. The van der Waals surface area contributed by atoms with Crippen molar-refractivity contribution in [2.24, 2.45) is 0 Å².